The van der Waals surface area contributed by atoms with E-state index in [-0.39, 0.29) is 11.7 Å². The van der Waals surface area contributed by atoms with E-state index in [0.717, 1.165) is 0 Å². The Labute approximate surface area is 79.1 Å². The first-order valence-corrected chi connectivity index (χ1v) is 3.84. The molecule has 2 rings (SSSR count). The van der Waals surface area contributed by atoms with Crippen LogP contribution in [-0.2, 0) is 0 Å². The maximum atomic E-state index is 4.86. The second-order valence-electron chi connectivity index (χ2n) is 2.47. The van der Waals surface area contributed by atoms with Crippen LogP contribution in [0.15, 0.2) is 10.7 Å². The second-order valence-corrected chi connectivity index (χ2v) is 2.47. The summed E-state index contributed by atoms with van der Waals surface area (Å²) in [7, 11) is 1.49. The van der Waals surface area contributed by atoms with Gasteiger partial charge in [0.15, 0.2) is 5.82 Å². The van der Waals surface area contributed by atoms with Gasteiger partial charge in [-0.2, -0.15) is 4.98 Å². The molecule has 2 aromatic rings. The maximum Gasteiger partial charge on any atom is 0.297 e. The fourth-order valence-corrected chi connectivity index (χ4v) is 0.844. The predicted molar refractivity (Wildman–Crippen MR) is 44.4 cm³/mol. The number of ether oxygens (including phenoxy) is 1. The van der Waals surface area contributed by atoms with Gasteiger partial charge in [-0.1, -0.05) is 5.16 Å². The molecule has 0 aliphatic rings. The second kappa shape index (κ2) is 3.36. The van der Waals surface area contributed by atoms with Crippen molar-refractivity contribution >= 4 is 0 Å². The number of aryl methyl sites for hydroxylation is 1. The normalized spacial score (nSPS) is 10.1. The molecule has 2 aromatic heterocycles. The van der Waals surface area contributed by atoms with E-state index >= 15 is 0 Å². The van der Waals surface area contributed by atoms with E-state index < -0.39 is 0 Å². The van der Waals surface area contributed by atoms with Crippen molar-refractivity contribution in [3.63, 3.8) is 0 Å². The summed E-state index contributed by atoms with van der Waals surface area (Å²) >= 11 is 0. The van der Waals surface area contributed by atoms with Gasteiger partial charge in [-0.25, -0.2) is 4.98 Å². The Morgan fingerprint density at radius 3 is 2.71 bits per heavy atom. The summed E-state index contributed by atoms with van der Waals surface area (Å²) < 4.78 is 9.66. The van der Waals surface area contributed by atoms with Crippen LogP contribution in [0.1, 0.15) is 5.82 Å². The van der Waals surface area contributed by atoms with Gasteiger partial charge in [-0.3, -0.25) is 0 Å². The average molecular weight is 193 g/mol. The van der Waals surface area contributed by atoms with E-state index in [1.54, 1.807) is 6.92 Å². The van der Waals surface area contributed by atoms with Gasteiger partial charge in [-0.05, 0) is 6.92 Å². The highest BCUT2D eigenvalue weighted by molar-refractivity contribution is 5.37. The highest BCUT2D eigenvalue weighted by atomic mass is 16.5. The summed E-state index contributed by atoms with van der Waals surface area (Å²) in [5, 5.41) is 11.1. The first kappa shape index (κ1) is 8.54. The molecule has 0 saturated carbocycles. The van der Waals surface area contributed by atoms with Crippen LogP contribution >= 0.6 is 0 Å². The zero-order chi connectivity index (χ0) is 9.97. The van der Waals surface area contributed by atoms with Gasteiger partial charge >= 0.3 is 0 Å². The van der Waals surface area contributed by atoms with E-state index in [2.05, 4.69) is 25.3 Å². The van der Waals surface area contributed by atoms with Crippen molar-refractivity contribution in [2.45, 2.75) is 6.92 Å². The average Bonchev–Trinajstić information content (AvgIpc) is 2.65. The monoisotopic (exact) mass is 193 g/mol. The number of hydrogen-bond donors (Lipinski definition) is 0. The van der Waals surface area contributed by atoms with Crippen LogP contribution < -0.4 is 4.74 Å². The van der Waals surface area contributed by atoms with Crippen molar-refractivity contribution in [2.75, 3.05) is 7.11 Å². The summed E-state index contributed by atoms with van der Waals surface area (Å²) in [4.78, 5) is 7.89. The predicted octanol–water partition coefficient (Wildman–Crippen LogP) is 0.239. The lowest BCUT2D eigenvalue weighted by molar-refractivity contribution is 0.387. The van der Waals surface area contributed by atoms with Gasteiger partial charge in [0.2, 0.25) is 5.82 Å². The third-order valence-corrected chi connectivity index (χ3v) is 1.47. The van der Waals surface area contributed by atoms with Gasteiger partial charge in [0.05, 0.1) is 13.3 Å². The molecule has 2 heterocycles. The molecule has 7 nitrogen and oxygen atoms in total. The lowest BCUT2D eigenvalue weighted by atomic mass is 10.6. The lowest BCUT2D eigenvalue weighted by Crippen LogP contribution is -1.95. The Hall–Kier alpha value is -2.05. The Morgan fingerprint density at radius 1 is 1.36 bits per heavy atom. The number of nitrogens with zero attached hydrogens (tertiary/aromatic N) is 5. The molecule has 0 bridgehead atoms. The van der Waals surface area contributed by atoms with Crippen LogP contribution in [0.5, 0.6) is 5.88 Å². The molecular weight excluding hydrogens is 186 g/mol. The first-order chi connectivity index (χ1) is 6.79. The molecule has 0 spiro atoms. The minimum Gasteiger partial charge on any atom is -0.479 e. The number of aromatic nitrogens is 5. The minimum absolute atomic E-state index is 0.248. The molecule has 0 aliphatic carbocycles. The third kappa shape index (κ3) is 1.51. The van der Waals surface area contributed by atoms with E-state index in [9.17, 15) is 0 Å². The molecule has 0 radical (unpaired) electrons. The molecule has 72 valence electrons. The van der Waals surface area contributed by atoms with Crippen molar-refractivity contribution in [3.8, 4) is 17.6 Å². The Bertz CT molecular complexity index is 424. The van der Waals surface area contributed by atoms with Gasteiger partial charge < -0.3 is 9.26 Å². The van der Waals surface area contributed by atoms with E-state index in [1.807, 2.05) is 0 Å². The summed E-state index contributed by atoms with van der Waals surface area (Å²) in [6.07, 6.45) is 1.43. The molecule has 0 aromatic carbocycles. The largest absolute Gasteiger partial charge is 0.479 e. The molecule has 14 heavy (non-hydrogen) atoms. The van der Waals surface area contributed by atoms with Gasteiger partial charge in [0, 0.05) is 0 Å². The third-order valence-electron chi connectivity index (χ3n) is 1.47. The summed E-state index contributed by atoms with van der Waals surface area (Å²) in [5.41, 5.74) is 0. The Balaban J connectivity index is 2.33. The zero-order valence-electron chi connectivity index (χ0n) is 7.63. The van der Waals surface area contributed by atoms with Crippen LogP contribution in [0.4, 0.5) is 0 Å². The minimum atomic E-state index is 0.248. The summed E-state index contributed by atoms with van der Waals surface area (Å²) in [5.74, 6) is 1.40. The van der Waals surface area contributed by atoms with Crippen LogP contribution in [0, 0.1) is 6.92 Å². The first-order valence-electron chi connectivity index (χ1n) is 3.84. The van der Waals surface area contributed by atoms with E-state index in [1.165, 1.54) is 13.3 Å². The highest BCUT2D eigenvalue weighted by Gasteiger charge is 2.09. The van der Waals surface area contributed by atoms with Crippen LogP contribution in [0.25, 0.3) is 11.7 Å². The van der Waals surface area contributed by atoms with Crippen molar-refractivity contribution in [2.24, 2.45) is 0 Å². The van der Waals surface area contributed by atoms with Crippen molar-refractivity contribution in [3.05, 3.63) is 12.0 Å². The topological polar surface area (TPSA) is 86.8 Å². The number of methoxy groups -OCH3 is 1. The molecule has 0 N–H and O–H groups in total. The van der Waals surface area contributed by atoms with Gasteiger partial charge in [0.25, 0.3) is 11.8 Å². The van der Waals surface area contributed by atoms with Crippen LogP contribution in [-0.4, -0.2) is 32.4 Å². The van der Waals surface area contributed by atoms with Crippen LogP contribution in [0.3, 0.4) is 0 Å². The van der Waals surface area contributed by atoms with Gasteiger partial charge in [0.1, 0.15) is 0 Å². The number of rotatable bonds is 2. The Morgan fingerprint density at radius 2 is 2.21 bits per heavy atom. The fraction of sp³-hybridized carbons (Fsp3) is 0.286. The molecule has 0 unspecified atom stereocenters. The van der Waals surface area contributed by atoms with E-state index in [0.29, 0.717) is 11.7 Å². The SMILES string of the molecule is COc1cnc(-c2nc(C)no2)nn1. The summed E-state index contributed by atoms with van der Waals surface area (Å²) in [6, 6.07) is 0. The molecular formula is C7H7N5O2. The molecule has 0 atom stereocenters. The van der Waals surface area contributed by atoms with Gasteiger partial charge in [-0.15, -0.1) is 10.2 Å². The maximum absolute atomic E-state index is 4.86. The molecule has 0 fully saturated rings. The van der Waals surface area contributed by atoms with Crippen molar-refractivity contribution in [1.82, 2.24) is 25.3 Å². The highest BCUT2D eigenvalue weighted by Crippen LogP contribution is 2.11. The Kier molecular flexibility index (Phi) is 2.05. The zero-order valence-corrected chi connectivity index (χ0v) is 7.63. The van der Waals surface area contributed by atoms with Crippen molar-refractivity contribution < 1.29 is 9.26 Å². The summed E-state index contributed by atoms with van der Waals surface area (Å²) in [6.45, 7) is 1.71. The standard InChI is InChI=1S/C7H7N5O2/c1-4-9-7(14-12-4)6-8-3-5(13-2)10-11-6/h3H,1-2H3. The number of hydrogen-bond acceptors (Lipinski definition) is 7. The van der Waals surface area contributed by atoms with Crippen molar-refractivity contribution in [1.29, 1.82) is 0 Å². The fourth-order valence-electron chi connectivity index (χ4n) is 0.844. The molecule has 0 aliphatic heterocycles. The molecule has 0 saturated heterocycles. The smallest absolute Gasteiger partial charge is 0.297 e. The van der Waals surface area contributed by atoms with E-state index in [4.69, 9.17) is 9.26 Å². The molecule has 7 heteroatoms. The lowest BCUT2D eigenvalue weighted by Gasteiger charge is -1.95. The van der Waals surface area contributed by atoms with Crippen LogP contribution in [0.2, 0.25) is 0 Å². The quantitative estimate of drug-likeness (QED) is 0.674. The molecule has 0 amide bonds.